The SMILES string of the molecule is Cc1nc(N2CCCN(c3ccc(-c4cc(C(C)(C)C)ccc4F)cc3)C2=O)sc1S(N)(=O)=O. The van der Waals surface area contributed by atoms with Crippen LogP contribution in [0.2, 0.25) is 0 Å². The number of nitrogens with two attached hydrogens (primary N) is 1. The quantitative estimate of drug-likeness (QED) is 0.541. The van der Waals surface area contributed by atoms with Crippen LogP contribution >= 0.6 is 11.3 Å². The second-order valence-electron chi connectivity index (χ2n) is 9.35. The van der Waals surface area contributed by atoms with Crippen molar-refractivity contribution in [3.63, 3.8) is 0 Å². The maximum atomic E-state index is 14.6. The molecule has 10 heteroatoms. The van der Waals surface area contributed by atoms with Crippen LogP contribution in [0.5, 0.6) is 0 Å². The first-order valence-electron chi connectivity index (χ1n) is 10.9. The number of hydrogen-bond acceptors (Lipinski definition) is 5. The number of carbonyl (C=O) groups is 1. The Bertz CT molecular complexity index is 1350. The number of benzene rings is 2. The summed E-state index contributed by atoms with van der Waals surface area (Å²) in [6.45, 7) is 8.73. The summed E-state index contributed by atoms with van der Waals surface area (Å²) < 4.78 is 38.1. The molecule has 1 aliphatic rings. The lowest BCUT2D eigenvalue weighted by molar-refractivity contribution is 0.248. The minimum Gasteiger partial charge on any atom is -0.294 e. The van der Waals surface area contributed by atoms with Crippen LogP contribution in [-0.2, 0) is 15.4 Å². The molecule has 0 unspecified atom stereocenters. The number of halogens is 1. The molecule has 2 amide bonds. The number of sulfonamides is 1. The van der Waals surface area contributed by atoms with Gasteiger partial charge < -0.3 is 0 Å². The molecule has 2 N–H and O–H groups in total. The summed E-state index contributed by atoms with van der Waals surface area (Å²) in [5.41, 5.74) is 3.11. The summed E-state index contributed by atoms with van der Waals surface area (Å²) in [6, 6.07) is 12.1. The topological polar surface area (TPSA) is 96.6 Å². The number of primary sulfonamides is 1. The van der Waals surface area contributed by atoms with Crippen LogP contribution in [0, 0.1) is 12.7 Å². The van der Waals surface area contributed by atoms with Gasteiger partial charge in [0.25, 0.3) is 0 Å². The summed E-state index contributed by atoms with van der Waals surface area (Å²) in [4.78, 5) is 20.6. The first-order valence-corrected chi connectivity index (χ1v) is 13.2. The smallest absolute Gasteiger partial charge is 0.294 e. The first kappa shape index (κ1) is 24.3. The van der Waals surface area contributed by atoms with Crippen LogP contribution in [0.25, 0.3) is 11.1 Å². The molecule has 4 rings (SSSR count). The maximum Gasteiger partial charge on any atom is 0.330 e. The van der Waals surface area contributed by atoms with E-state index in [0.717, 1.165) is 22.5 Å². The van der Waals surface area contributed by atoms with Gasteiger partial charge in [-0.2, -0.15) is 0 Å². The number of thiazole rings is 1. The molecule has 0 spiro atoms. The average Bonchev–Trinajstić information content (AvgIpc) is 3.15. The molecular weight excluding hydrogens is 475 g/mol. The molecule has 0 aliphatic carbocycles. The fraction of sp³-hybridized carbons (Fsp3) is 0.333. The van der Waals surface area contributed by atoms with E-state index in [-0.39, 0.29) is 27.2 Å². The molecule has 0 atom stereocenters. The lowest BCUT2D eigenvalue weighted by Crippen LogP contribution is -2.49. The van der Waals surface area contributed by atoms with Crippen molar-refractivity contribution in [1.29, 1.82) is 0 Å². The number of aromatic nitrogens is 1. The Balaban J connectivity index is 1.61. The Morgan fingerprint density at radius 2 is 1.71 bits per heavy atom. The van der Waals surface area contributed by atoms with Gasteiger partial charge in [-0.3, -0.25) is 9.80 Å². The number of urea groups is 1. The lowest BCUT2D eigenvalue weighted by Gasteiger charge is -2.34. The summed E-state index contributed by atoms with van der Waals surface area (Å²) in [5, 5.41) is 5.56. The Kier molecular flexibility index (Phi) is 6.26. The largest absolute Gasteiger partial charge is 0.330 e. The Hall–Kier alpha value is -2.82. The highest BCUT2D eigenvalue weighted by Gasteiger charge is 2.31. The summed E-state index contributed by atoms with van der Waals surface area (Å²) in [7, 11) is -3.91. The van der Waals surface area contributed by atoms with Crippen molar-refractivity contribution in [2.24, 2.45) is 5.14 Å². The minimum atomic E-state index is -3.91. The van der Waals surface area contributed by atoms with Crippen LogP contribution in [-0.4, -0.2) is 32.5 Å². The number of anilines is 2. The van der Waals surface area contributed by atoms with Crippen LogP contribution in [0.15, 0.2) is 46.7 Å². The van der Waals surface area contributed by atoms with E-state index in [9.17, 15) is 17.6 Å². The number of amides is 2. The van der Waals surface area contributed by atoms with Gasteiger partial charge in [-0.1, -0.05) is 50.3 Å². The van der Waals surface area contributed by atoms with Gasteiger partial charge in [-0.25, -0.2) is 27.7 Å². The van der Waals surface area contributed by atoms with Crippen molar-refractivity contribution in [2.45, 2.75) is 43.7 Å². The number of aryl methyl sites for hydroxylation is 1. The van der Waals surface area contributed by atoms with Gasteiger partial charge in [0.15, 0.2) is 9.34 Å². The molecule has 2 heterocycles. The number of nitrogens with zero attached hydrogens (tertiary/aromatic N) is 3. The van der Waals surface area contributed by atoms with Gasteiger partial charge in [-0.15, -0.1) is 0 Å². The first-order chi connectivity index (χ1) is 15.9. The highest BCUT2D eigenvalue weighted by atomic mass is 32.2. The molecule has 1 aliphatic heterocycles. The molecule has 0 bridgehead atoms. The van der Waals surface area contributed by atoms with Crippen molar-refractivity contribution >= 4 is 38.2 Å². The van der Waals surface area contributed by atoms with Crippen LogP contribution < -0.4 is 14.9 Å². The van der Waals surface area contributed by atoms with E-state index in [4.69, 9.17) is 5.14 Å². The third-order valence-corrected chi connectivity index (χ3v) is 8.51. The third-order valence-electron chi connectivity index (χ3n) is 5.78. The van der Waals surface area contributed by atoms with Crippen LogP contribution in [0.1, 0.15) is 38.4 Å². The summed E-state index contributed by atoms with van der Waals surface area (Å²) in [6.07, 6.45) is 0.680. The molecule has 0 saturated carbocycles. The average molecular weight is 503 g/mol. The molecule has 1 aromatic heterocycles. The second kappa shape index (κ2) is 8.75. The number of carbonyl (C=O) groups excluding carboxylic acids is 1. The molecule has 1 saturated heterocycles. The minimum absolute atomic E-state index is 0.0451. The van der Waals surface area contributed by atoms with Gasteiger partial charge in [0, 0.05) is 24.3 Å². The lowest BCUT2D eigenvalue weighted by atomic mass is 9.85. The van der Waals surface area contributed by atoms with E-state index in [1.165, 1.54) is 11.0 Å². The normalized spacial score (nSPS) is 15.2. The maximum absolute atomic E-state index is 14.6. The highest BCUT2D eigenvalue weighted by Crippen LogP contribution is 2.34. The number of rotatable bonds is 4. The van der Waals surface area contributed by atoms with E-state index in [1.54, 1.807) is 42.2 Å². The zero-order chi connectivity index (χ0) is 24.8. The van der Waals surface area contributed by atoms with E-state index in [2.05, 4.69) is 25.8 Å². The van der Waals surface area contributed by atoms with Crippen molar-refractivity contribution in [3.05, 3.63) is 59.5 Å². The van der Waals surface area contributed by atoms with Crippen molar-refractivity contribution in [1.82, 2.24) is 4.98 Å². The van der Waals surface area contributed by atoms with E-state index >= 15 is 0 Å². The zero-order valence-corrected chi connectivity index (χ0v) is 21.1. The van der Waals surface area contributed by atoms with Crippen molar-refractivity contribution < 1.29 is 17.6 Å². The molecule has 2 aromatic carbocycles. The van der Waals surface area contributed by atoms with Gasteiger partial charge in [0.05, 0.1) is 5.69 Å². The standard InChI is InChI=1S/C24H27FN4O3S2/c1-15-21(34(26,31)32)33-22(27-15)29-13-5-12-28(23(29)30)18-9-6-16(7-10-18)19-14-17(24(2,3)4)8-11-20(19)25/h6-11,14H,5,12-13H2,1-4H3,(H2,26,31,32). The van der Waals surface area contributed by atoms with Crippen LogP contribution in [0.4, 0.5) is 20.0 Å². The predicted molar refractivity (Wildman–Crippen MR) is 133 cm³/mol. The van der Waals surface area contributed by atoms with Gasteiger partial charge in [-0.05, 0) is 54.2 Å². The predicted octanol–water partition coefficient (Wildman–Crippen LogP) is 5.04. The fourth-order valence-electron chi connectivity index (χ4n) is 3.92. The molecule has 3 aromatic rings. The Morgan fingerprint density at radius 3 is 2.29 bits per heavy atom. The molecule has 0 radical (unpaired) electrons. The van der Waals surface area contributed by atoms with Crippen molar-refractivity contribution in [3.8, 4) is 11.1 Å². The third kappa shape index (κ3) is 4.70. The van der Waals surface area contributed by atoms with Gasteiger partial charge in [0.2, 0.25) is 10.0 Å². The Labute approximate surface area is 203 Å². The van der Waals surface area contributed by atoms with Gasteiger partial charge >= 0.3 is 6.03 Å². The molecule has 7 nitrogen and oxygen atoms in total. The zero-order valence-electron chi connectivity index (χ0n) is 19.5. The van der Waals surface area contributed by atoms with Crippen molar-refractivity contribution in [2.75, 3.05) is 22.9 Å². The van der Waals surface area contributed by atoms with Gasteiger partial charge in [0.1, 0.15) is 5.82 Å². The molecule has 180 valence electrons. The molecule has 34 heavy (non-hydrogen) atoms. The number of hydrogen-bond donors (Lipinski definition) is 1. The second-order valence-corrected chi connectivity index (χ2v) is 12.1. The monoisotopic (exact) mass is 502 g/mol. The van der Waals surface area contributed by atoms with Crippen LogP contribution in [0.3, 0.4) is 0 Å². The summed E-state index contributed by atoms with van der Waals surface area (Å²) in [5.74, 6) is -0.300. The fourth-order valence-corrected chi connectivity index (χ4v) is 5.89. The highest BCUT2D eigenvalue weighted by molar-refractivity contribution is 7.91. The van der Waals surface area contributed by atoms with E-state index in [0.29, 0.717) is 35.9 Å². The van der Waals surface area contributed by atoms with E-state index in [1.807, 2.05) is 6.07 Å². The summed E-state index contributed by atoms with van der Waals surface area (Å²) >= 11 is 0.891. The molecule has 1 fully saturated rings. The molecular formula is C24H27FN4O3S2. The van der Waals surface area contributed by atoms with E-state index < -0.39 is 10.0 Å². The Morgan fingerprint density at radius 1 is 1.06 bits per heavy atom.